The number of nitrogens with zero attached hydrogens (tertiary/aromatic N) is 3. The first-order chi connectivity index (χ1) is 28.3. The number of ether oxygens (including phenoxy) is 4. The zero-order valence-electron chi connectivity index (χ0n) is 33.7. The average molecular weight is 802 g/mol. The lowest BCUT2D eigenvalue weighted by atomic mass is 9.55. The monoisotopic (exact) mass is 801 g/mol. The lowest BCUT2D eigenvalue weighted by molar-refractivity contribution is -0.384. The first-order valence-corrected chi connectivity index (χ1v) is 20.5. The first kappa shape index (κ1) is 44.1. The van der Waals surface area contributed by atoms with Gasteiger partial charge < -0.3 is 34.0 Å². The molecule has 13 nitrogen and oxygen atoms in total. The van der Waals surface area contributed by atoms with Crippen molar-refractivity contribution in [2.24, 2.45) is 22.9 Å². The number of unbranched alkanes of at least 4 members (excludes halogenated alkanes) is 2. The molecule has 2 aromatic rings. The van der Waals surface area contributed by atoms with Crippen LogP contribution in [0.1, 0.15) is 81.8 Å². The highest BCUT2D eigenvalue weighted by Gasteiger charge is 2.65. The van der Waals surface area contributed by atoms with Crippen molar-refractivity contribution in [3.05, 3.63) is 113 Å². The van der Waals surface area contributed by atoms with Gasteiger partial charge >= 0.3 is 6.09 Å². The van der Waals surface area contributed by atoms with Gasteiger partial charge in [-0.1, -0.05) is 55.8 Å². The van der Waals surface area contributed by atoms with Crippen LogP contribution in [0.25, 0.3) is 0 Å². The van der Waals surface area contributed by atoms with Crippen LogP contribution in [0.15, 0.2) is 97.2 Å². The molecule has 2 N–H and O–H groups in total. The molecule has 1 heterocycles. The van der Waals surface area contributed by atoms with Crippen LogP contribution in [-0.4, -0.2) is 83.2 Å². The van der Waals surface area contributed by atoms with Crippen molar-refractivity contribution < 1.29 is 43.7 Å². The van der Waals surface area contributed by atoms with E-state index in [1.54, 1.807) is 35.3 Å². The van der Waals surface area contributed by atoms with Crippen molar-refractivity contribution >= 4 is 17.5 Å². The quantitative estimate of drug-likeness (QED) is 0.0456. The number of benzene rings is 2. The summed E-state index contributed by atoms with van der Waals surface area (Å²) in [6.45, 7) is 14.8. The van der Waals surface area contributed by atoms with E-state index in [1.807, 2.05) is 25.1 Å². The van der Waals surface area contributed by atoms with Gasteiger partial charge in [0.05, 0.1) is 29.8 Å². The van der Waals surface area contributed by atoms with Crippen LogP contribution in [-0.2, 0) is 20.9 Å². The number of nitro benzene ring substituents is 1. The minimum Gasteiger partial charge on any atom is -0.490 e. The Morgan fingerprint density at radius 1 is 1.03 bits per heavy atom. The van der Waals surface area contributed by atoms with Gasteiger partial charge in [-0.15, -0.1) is 13.2 Å². The maximum Gasteiger partial charge on any atom is 0.410 e. The third-order valence-corrected chi connectivity index (χ3v) is 11.2. The Morgan fingerprint density at radius 3 is 2.45 bits per heavy atom. The molecule has 1 saturated carbocycles. The highest BCUT2D eigenvalue weighted by molar-refractivity contribution is 6.03. The van der Waals surface area contributed by atoms with Gasteiger partial charge in [-0.3, -0.25) is 15.0 Å². The molecule has 5 rings (SSSR count). The number of allylic oxidation sites excluding steroid dienone is 1. The zero-order valence-corrected chi connectivity index (χ0v) is 33.7. The van der Waals surface area contributed by atoms with Crippen LogP contribution in [0.2, 0.25) is 0 Å². The minimum atomic E-state index is -1.42. The summed E-state index contributed by atoms with van der Waals surface area (Å²) in [4.78, 5) is 32.8. The maximum absolute atomic E-state index is 14.2. The van der Waals surface area contributed by atoms with E-state index < -0.39 is 28.8 Å². The Bertz CT molecular complexity index is 1780. The van der Waals surface area contributed by atoms with Crippen LogP contribution in [0.4, 0.5) is 10.5 Å². The number of aliphatic hydroxyl groups is 2. The second kappa shape index (κ2) is 21.7. The van der Waals surface area contributed by atoms with E-state index in [0.29, 0.717) is 61.6 Å². The van der Waals surface area contributed by atoms with Crippen molar-refractivity contribution in [3.63, 3.8) is 0 Å². The molecule has 3 aliphatic rings. The summed E-state index contributed by atoms with van der Waals surface area (Å²) in [7, 11) is 0. The van der Waals surface area contributed by atoms with Gasteiger partial charge in [0.15, 0.2) is 0 Å². The Kier molecular flexibility index (Phi) is 16.5. The van der Waals surface area contributed by atoms with Crippen LogP contribution < -0.4 is 9.47 Å². The van der Waals surface area contributed by atoms with Gasteiger partial charge in [0.2, 0.25) is 5.79 Å². The second-order valence-corrected chi connectivity index (χ2v) is 15.0. The zero-order chi connectivity index (χ0) is 41.5. The Labute approximate surface area is 341 Å². The number of non-ortho nitro benzene ring substituents is 1. The first-order valence-electron chi connectivity index (χ1n) is 20.5. The number of oxime groups is 1. The van der Waals surface area contributed by atoms with Crippen molar-refractivity contribution in [2.45, 2.75) is 89.1 Å². The van der Waals surface area contributed by atoms with Gasteiger partial charge in [-0.25, -0.2) is 4.79 Å². The molecule has 1 amide bonds. The van der Waals surface area contributed by atoms with Gasteiger partial charge in [0, 0.05) is 49.8 Å². The number of hydrogen-bond acceptors (Lipinski definition) is 11. The normalized spacial score (nSPS) is 23.7. The number of amides is 1. The molecular formula is C45H59N3O10. The molecule has 0 spiro atoms. The molecular weight excluding hydrogens is 743 g/mol. The van der Waals surface area contributed by atoms with E-state index in [9.17, 15) is 25.1 Å². The number of carbonyl (C=O) groups is 1. The summed E-state index contributed by atoms with van der Waals surface area (Å²) in [5, 5.41) is 35.8. The molecule has 0 aromatic heterocycles. The van der Waals surface area contributed by atoms with Crippen LogP contribution in [0.5, 0.6) is 11.5 Å². The van der Waals surface area contributed by atoms with Gasteiger partial charge in [0.1, 0.15) is 30.8 Å². The van der Waals surface area contributed by atoms with Gasteiger partial charge in [-0.2, -0.15) is 0 Å². The fraction of sp³-hybridized carbons (Fsp3) is 0.511. The molecule has 2 aliphatic carbocycles. The Hall–Kier alpha value is -4.98. The highest BCUT2D eigenvalue weighted by atomic mass is 16.7. The van der Waals surface area contributed by atoms with Gasteiger partial charge in [0.25, 0.3) is 5.69 Å². The van der Waals surface area contributed by atoms with E-state index in [-0.39, 0.29) is 62.9 Å². The summed E-state index contributed by atoms with van der Waals surface area (Å²) in [5.74, 6) is -0.760. The molecule has 0 radical (unpaired) electrons. The third kappa shape index (κ3) is 10.2. The maximum atomic E-state index is 14.2. The standard InChI is InChI=1S/C45H59N3O10/c1-5-9-27-55-44(51)47(22-6-2)41-30-39(46-57-31-32-16-18-34(19-17-32)48(52)53)37-28-33(14-10-12-23-49)36(15-11-13-24-50)42-38-29-35(54-25-7-3)20-21-40(38)58-45(41,43(37)42)56-26-8-4/h5,7-8,16-21,28-29,33,36,41-43,49-50H,1,3-4,6,9-15,22-27,30-31H2,2H3/t33-,36+,41-,42+,43+,45+/m0/s1. The molecule has 1 aliphatic heterocycles. The number of hydrogen-bond donors (Lipinski definition) is 2. The second-order valence-electron chi connectivity index (χ2n) is 15.0. The van der Waals surface area contributed by atoms with Crippen molar-refractivity contribution in [3.8, 4) is 11.5 Å². The SMILES string of the molecule is C=CCCOC(=O)N(CCC)[C@H]1CC(=NOCc2ccc([N+](=O)[O-])cc2)C2=C[C@H](CCCCO)[C@@H](CCCCO)[C@@H]3c4cc(OCC=C)ccc4O[C@@]1(OCC=C)[C@H]23. The minimum absolute atomic E-state index is 0.0214. The molecule has 314 valence electrons. The van der Waals surface area contributed by atoms with E-state index in [4.69, 9.17) is 28.9 Å². The van der Waals surface area contributed by atoms with Gasteiger partial charge in [-0.05, 0) is 91.8 Å². The van der Waals surface area contributed by atoms with E-state index in [1.165, 1.54) is 12.1 Å². The lowest BCUT2D eigenvalue weighted by Gasteiger charge is -2.59. The average Bonchev–Trinajstić information content (AvgIpc) is 3.23. The molecule has 0 unspecified atom stereocenters. The Morgan fingerprint density at radius 2 is 1.78 bits per heavy atom. The van der Waals surface area contributed by atoms with Crippen LogP contribution in [0, 0.1) is 27.9 Å². The molecule has 0 saturated heterocycles. The highest BCUT2D eigenvalue weighted by Crippen LogP contribution is 2.62. The summed E-state index contributed by atoms with van der Waals surface area (Å²) in [6.07, 6.45) is 12.6. The van der Waals surface area contributed by atoms with Crippen LogP contribution in [0.3, 0.4) is 0 Å². The fourth-order valence-corrected chi connectivity index (χ4v) is 8.72. The molecule has 2 aromatic carbocycles. The lowest BCUT2D eigenvalue weighted by Crippen LogP contribution is -2.70. The molecule has 0 bridgehead atoms. The number of nitro groups is 1. The Balaban J connectivity index is 1.74. The summed E-state index contributed by atoms with van der Waals surface area (Å²) in [6, 6.07) is 11.2. The van der Waals surface area contributed by atoms with Crippen molar-refractivity contribution in [1.82, 2.24) is 4.90 Å². The summed E-state index contributed by atoms with van der Waals surface area (Å²) in [5.41, 5.74) is 3.14. The topological polar surface area (TPSA) is 162 Å². The number of aliphatic hydroxyl groups excluding tert-OH is 2. The number of rotatable bonds is 24. The van der Waals surface area contributed by atoms with E-state index >= 15 is 0 Å². The fourth-order valence-electron chi connectivity index (χ4n) is 8.72. The van der Waals surface area contributed by atoms with E-state index in [2.05, 4.69) is 25.8 Å². The predicted molar refractivity (Wildman–Crippen MR) is 222 cm³/mol. The van der Waals surface area contributed by atoms with Crippen molar-refractivity contribution in [1.29, 1.82) is 0 Å². The molecule has 58 heavy (non-hydrogen) atoms. The summed E-state index contributed by atoms with van der Waals surface area (Å²) < 4.78 is 26.1. The predicted octanol–water partition coefficient (Wildman–Crippen LogP) is 8.42. The smallest absolute Gasteiger partial charge is 0.410 e. The summed E-state index contributed by atoms with van der Waals surface area (Å²) >= 11 is 0. The molecule has 1 fully saturated rings. The molecule has 13 heteroatoms. The van der Waals surface area contributed by atoms with Crippen LogP contribution >= 0.6 is 0 Å². The largest absolute Gasteiger partial charge is 0.490 e. The third-order valence-electron chi connectivity index (χ3n) is 11.2. The van der Waals surface area contributed by atoms with E-state index in [0.717, 1.165) is 36.8 Å². The number of carbonyl (C=O) groups excluding carboxylic acids is 1. The van der Waals surface area contributed by atoms with Crippen molar-refractivity contribution in [2.75, 3.05) is 39.6 Å². The molecule has 6 atom stereocenters. The number of fused-ring (bicyclic) bond motifs is 2.